The molecule has 0 aliphatic carbocycles. The Labute approximate surface area is 146 Å². The van der Waals surface area contributed by atoms with Crippen LogP contribution in [-0.4, -0.2) is 22.0 Å². The van der Waals surface area contributed by atoms with Crippen molar-refractivity contribution in [2.45, 2.75) is 25.5 Å². The van der Waals surface area contributed by atoms with Crippen molar-refractivity contribution in [2.75, 3.05) is 0 Å². The fourth-order valence-corrected chi connectivity index (χ4v) is 3.34. The van der Waals surface area contributed by atoms with E-state index in [1.54, 1.807) is 0 Å². The summed E-state index contributed by atoms with van der Waals surface area (Å²) in [6.45, 7) is 3.96. The van der Waals surface area contributed by atoms with Crippen LogP contribution in [0.5, 0.6) is 0 Å². The van der Waals surface area contributed by atoms with Gasteiger partial charge in [-0.3, -0.25) is 4.79 Å². The summed E-state index contributed by atoms with van der Waals surface area (Å²) in [7, 11) is 0. The molecular formula is C19H19N3OS. The summed E-state index contributed by atoms with van der Waals surface area (Å²) in [4.78, 5) is 12.1. The van der Waals surface area contributed by atoms with Gasteiger partial charge in [-0.05, 0) is 31.4 Å². The van der Waals surface area contributed by atoms with Gasteiger partial charge >= 0.3 is 0 Å². The van der Waals surface area contributed by atoms with Crippen LogP contribution in [0, 0.1) is 6.92 Å². The molecule has 0 saturated carbocycles. The minimum atomic E-state index is -0.154. The van der Waals surface area contributed by atoms with Crippen LogP contribution in [0.2, 0.25) is 0 Å². The van der Waals surface area contributed by atoms with Crippen LogP contribution < -0.4 is 5.32 Å². The highest BCUT2D eigenvalue weighted by Gasteiger charge is 2.30. The topological polar surface area (TPSA) is 53.8 Å². The number of benzene rings is 2. The Balaban J connectivity index is 1.67. The summed E-state index contributed by atoms with van der Waals surface area (Å²) < 4.78 is 0. The number of aryl methyl sites for hydroxylation is 1. The number of amides is 1. The maximum Gasteiger partial charge on any atom is 0.239 e. The second-order valence-corrected chi connectivity index (χ2v) is 6.93. The van der Waals surface area contributed by atoms with E-state index < -0.39 is 0 Å². The smallest absolute Gasteiger partial charge is 0.239 e. The number of carbonyl (C=O) groups is 1. The first-order chi connectivity index (χ1) is 11.6. The van der Waals surface area contributed by atoms with Gasteiger partial charge < -0.3 is 5.32 Å². The number of hydrogen-bond acceptors (Lipinski definition) is 4. The largest absolute Gasteiger partial charge is 0.303 e. The van der Waals surface area contributed by atoms with Crippen molar-refractivity contribution >= 4 is 28.5 Å². The van der Waals surface area contributed by atoms with E-state index >= 15 is 0 Å². The quantitative estimate of drug-likeness (QED) is 0.685. The fraction of sp³-hybridized carbons (Fsp3) is 0.211. The summed E-state index contributed by atoms with van der Waals surface area (Å²) in [5.74, 6) is -0.00751. The molecule has 0 aromatic heterocycles. The van der Waals surface area contributed by atoms with E-state index in [4.69, 9.17) is 0 Å². The molecule has 5 heteroatoms. The zero-order valence-electron chi connectivity index (χ0n) is 13.7. The van der Waals surface area contributed by atoms with Gasteiger partial charge in [-0.2, -0.15) is 5.10 Å². The minimum absolute atomic E-state index is 0.00751. The lowest BCUT2D eigenvalue weighted by Crippen LogP contribution is -2.25. The summed E-state index contributed by atoms with van der Waals surface area (Å²) in [5, 5.41) is 11.6. The van der Waals surface area contributed by atoms with Crippen molar-refractivity contribution < 1.29 is 4.79 Å². The van der Waals surface area contributed by atoms with Gasteiger partial charge in [-0.25, -0.2) is 0 Å². The molecule has 2 aromatic rings. The second kappa shape index (κ2) is 7.45. The molecule has 1 unspecified atom stereocenters. The van der Waals surface area contributed by atoms with Gasteiger partial charge in [0.15, 0.2) is 5.17 Å². The number of nitrogens with zero attached hydrogens (tertiary/aromatic N) is 2. The number of rotatable bonds is 4. The van der Waals surface area contributed by atoms with Crippen LogP contribution >= 0.6 is 11.8 Å². The summed E-state index contributed by atoms with van der Waals surface area (Å²) in [6, 6.07) is 18.1. The molecule has 4 nitrogen and oxygen atoms in total. The van der Waals surface area contributed by atoms with Gasteiger partial charge in [0.1, 0.15) is 0 Å². The molecule has 1 N–H and O–H groups in total. The van der Waals surface area contributed by atoms with E-state index in [0.29, 0.717) is 11.6 Å². The number of amidine groups is 1. The third kappa shape index (κ3) is 4.11. The second-order valence-electron chi connectivity index (χ2n) is 5.74. The van der Waals surface area contributed by atoms with Crippen LogP contribution in [0.4, 0.5) is 0 Å². The van der Waals surface area contributed by atoms with Crippen molar-refractivity contribution in [1.82, 2.24) is 5.32 Å². The van der Waals surface area contributed by atoms with E-state index in [0.717, 1.165) is 16.8 Å². The Bertz CT molecular complexity index is 782. The SMILES string of the molecule is C/C(=N\N=C1\NC(=O)C(Cc2ccc(C)cc2)S1)c1ccccc1. The zero-order chi connectivity index (χ0) is 16.9. The van der Waals surface area contributed by atoms with Crippen LogP contribution in [0.25, 0.3) is 0 Å². The number of hydrogen-bond donors (Lipinski definition) is 1. The minimum Gasteiger partial charge on any atom is -0.303 e. The molecule has 1 aliphatic rings. The van der Waals surface area contributed by atoms with E-state index in [9.17, 15) is 4.79 Å². The van der Waals surface area contributed by atoms with E-state index in [-0.39, 0.29) is 11.2 Å². The van der Waals surface area contributed by atoms with E-state index in [2.05, 4.69) is 46.7 Å². The first-order valence-corrected chi connectivity index (χ1v) is 8.70. The Morgan fingerprint density at radius 3 is 2.54 bits per heavy atom. The molecule has 3 rings (SSSR count). The zero-order valence-corrected chi connectivity index (χ0v) is 14.5. The molecule has 1 saturated heterocycles. The maximum absolute atomic E-state index is 12.1. The predicted molar refractivity (Wildman–Crippen MR) is 100 cm³/mol. The van der Waals surface area contributed by atoms with Crippen molar-refractivity contribution in [1.29, 1.82) is 0 Å². The monoisotopic (exact) mass is 337 g/mol. The standard InChI is InChI=1S/C19H19N3OS/c1-13-8-10-15(11-9-13)12-17-18(23)20-19(24-17)22-21-14(2)16-6-4-3-5-7-16/h3-11,17H,12H2,1-2H3,(H,20,22,23)/b21-14+. The van der Waals surface area contributed by atoms with Crippen molar-refractivity contribution in [3.63, 3.8) is 0 Å². The van der Waals surface area contributed by atoms with Gasteiger partial charge in [-0.1, -0.05) is 71.9 Å². The summed E-state index contributed by atoms with van der Waals surface area (Å²) >= 11 is 1.44. The first-order valence-electron chi connectivity index (χ1n) is 7.82. The highest BCUT2D eigenvalue weighted by atomic mass is 32.2. The van der Waals surface area contributed by atoms with Gasteiger partial charge in [-0.15, -0.1) is 5.10 Å². The summed E-state index contributed by atoms with van der Waals surface area (Å²) in [6.07, 6.45) is 0.692. The predicted octanol–water partition coefficient (Wildman–Crippen LogP) is 3.55. The highest BCUT2D eigenvalue weighted by Crippen LogP contribution is 2.23. The molecule has 1 aliphatic heterocycles. The molecule has 1 atom stereocenters. The maximum atomic E-state index is 12.1. The lowest BCUT2D eigenvalue weighted by atomic mass is 10.1. The van der Waals surface area contributed by atoms with Crippen LogP contribution in [0.3, 0.4) is 0 Å². The van der Waals surface area contributed by atoms with Crippen LogP contribution in [-0.2, 0) is 11.2 Å². The Kier molecular flexibility index (Phi) is 5.11. The molecule has 24 heavy (non-hydrogen) atoms. The number of nitrogens with one attached hydrogen (secondary N) is 1. The van der Waals surface area contributed by atoms with Crippen molar-refractivity contribution in [2.24, 2.45) is 10.2 Å². The summed E-state index contributed by atoms with van der Waals surface area (Å²) in [5.41, 5.74) is 4.21. The van der Waals surface area contributed by atoms with Crippen LogP contribution in [0.15, 0.2) is 64.8 Å². The average molecular weight is 337 g/mol. The van der Waals surface area contributed by atoms with Crippen molar-refractivity contribution in [3.05, 3.63) is 71.3 Å². The van der Waals surface area contributed by atoms with E-state index in [1.807, 2.05) is 37.3 Å². The van der Waals surface area contributed by atoms with Gasteiger partial charge in [0.25, 0.3) is 0 Å². The Hall–Kier alpha value is -2.40. The lowest BCUT2D eigenvalue weighted by Gasteiger charge is -2.05. The third-order valence-electron chi connectivity index (χ3n) is 3.80. The average Bonchev–Trinajstić information content (AvgIpc) is 2.95. The lowest BCUT2D eigenvalue weighted by molar-refractivity contribution is -0.118. The van der Waals surface area contributed by atoms with Crippen LogP contribution in [0.1, 0.15) is 23.6 Å². The van der Waals surface area contributed by atoms with E-state index in [1.165, 1.54) is 17.3 Å². The Morgan fingerprint density at radius 2 is 1.83 bits per heavy atom. The number of thioether (sulfide) groups is 1. The van der Waals surface area contributed by atoms with Gasteiger partial charge in [0.2, 0.25) is 5.91 Å². The normalized spacial score (nSPS) is 19.6. The molecule has 1 heterocycles. The van der Waals surface area contributed by atoms with Gasteiger partial charge in [0.05, 0.1) is 11.0 Å². The van der Waals surface area contributed by atoms with Crippen molar-refractivity contribution in [3.8, 4) is 0 Å². The Morgan fingerprint density at radius 1 is 1.12 bits per heavy atom. The number of carbonyl (C=O) groups excluding carboxylic acids is 1. The highest BCUT2D eigenvalue weighted by molar-refractivity contribution is 8.15. The first kappa shape index (κ1) is 16.5. The molecule has 0 bridgehead atoms. The molecule has 0 radical (unpaired) electrons. The van der Waals surface area contributed by atoms with Gasteiger partial charge in [0, 0.05) is 0 Å². The fourth-order valence-electron chi connectivity index (χ4n) is 2.38. The molecular weight excluding hydrogens is 318 g/mol. The molecule has 122 valence electrons. The molecule has 0 spiro atoms. The molecule has 1 amide bonds. The molecule has 1 fully saturated rings. The third-order valence-corrected chi connectivity index (χ3v) is 4.87. The molecule has 2 aromatic carbocycles.